The van der Waals surface area contributed by atoms with Gasteiger partial charge < -0.3 is 0 Å². The van der Waals surface area contributed by atoms with Crippen molar-refractivity contribution >= 4 is 23.9 Å². The Balaban J connectivity index is 2.77. The topological polar surface area (TPSA) is 57.2 Å². The van der Waals surface area contributed by atoms with Crippen molar-refractivity contribution < 1.29 is 14.5 Å². The van der Waals surface area contributed by atoms with Gasteiger partial charge in [-0.05, 0) is 19.1 Å². The third-order valence-electron chi connectivity index (χ3n) is 2.58. The number of benzene rings is 1. The SMILES string of the molecule is CC[P+](O)(O)c1c[n+](C)nc2ccccc12. The quantitative estimate of drug-likeness (QED) is 0.593. The molecule has 4 nitrogen and oxygen atoms in total. The van der Waals surface area contributed by atoms with E-state index in [1.165, 1.54) is 0 Å². The van der Waals surface area contributed by atoms with E-state index in [1.807, 2.05) is 24.3 Å². The maximum absolute atomic E-state index is 10.0. The second-order valence-corrected chi connectivity index (χ2v) is 6.33. The minimum Gasteiger partial charge on any atom is -0.214 e. The molecule has 16 heavy (non-hydrogen) atoms. The Morgan fingerprint density at radius 1 is 1.31 bits per heavy atom. The molecule has 0 saturated heterocycles. The summed E-state index contributed by atoms with van der Waals surface area (Å²) >= 11 is 0. The van der Waals surface area contributed by atoms with E-state index in [0.29, 0.717) is 11.5 Å². The summed E-state index contributed by atoms with van der Waals surface area (Å²) in [6.45, 7) is 1.78. The summed E-state index contributed by atoms with van der Waals surface area (Å²) in [5.41, 5.74) is 0.781. The normalized spacial score (nSPS) is 12.0. The predicted octanol–water partition coefficient (Wildman–Crippen LogP) is 0.537. The molecule has 0 amide bonds. The van der Waals surface area contributed by atoms with Crippen LogP contribution in [0.2, 0.25) is 0 Å². The fourth-order valence-electron chi connectivity index (χ4n) is 1.68. The lowest BCUT2D eigenvalue weighted by Gasteiger charge is -2.09. The molecule has 0 unspecified atom stereocenters. The van der Waals surface area contributed by atoms with Crippen molar-refractivity contribution in [2.45, 2.75) is 6.92 Å². The first-order valence-electron chi connectivity index (χ1n) is 5.14. The standard InChI is InChI=1S/C11H15N2O2P/c1-3-16(14,15)11-8-13(2)12-10-7-5-4-6-9(10)11/h4-8,14-15H,3H2,1-2H3/q+2. The Morgan fingerprint density at radius 2 is 2.00 bits per heavy atom. The minimum atomic E-state index is -3.01. The first-order valence-corrected chi connectivity index (χ1v) is 7.02. The molecular weight excluding hydrogens is 223 g/mol. The predicted molar refractivity (Wildman–Crippen MR) is 64.5 cm³/mol. The van der Waals surface area contributed by atoms with Crippen LogP contribution in [0.25, 0.3) is 10.9 Å². The Hall–Kier alpha value is -1.09. The summed E-state index contributed by atoms with van der Waals surface area (Å²) in [6, 6.07) is 7.51. The van der Waals surface area contributed by atoms with Gasteiger partial charge in [-0.2, -0.15) is 0 Å². The minimum absolute atomic E-state index is 0.348. The van der Waals surface area contributed by atoms with Crippen LogP contribution in [0.5, 0.6) is 0 Å². The average Bonchev–Trinajstić information content (AvgIpc) is 2.28. The first kappa shape index (κ1) is 11.4. The second kappa shape index (κ2) is 4.06. The van der Waals surface area contributed by atoms with Crippen LogP contribution in [-0.4, -0.2) is 21.0 Å². The monoisotopic (exact) mass is 238 g/mol. The van der Waals surface area contributed by atoms with E-state index in [1.54, 1.807) is 24.9 Å². The molecule has 0 aliphatic heterocycles. The first-order chi connectivity index (χ1) is 7.54. The van der Waals surface area contributed by atoms with Crippen molar-refractivity contribution in [3.8, 4) is 0 Å². The number of aryl methyl sites for hydroxylation is 1. The van der Waals surface area contributed by atoms with Crippen molar-refractivity contribution in [1.29, 1.82) is 0 Å². The highest BCUT2D eigenvalue weighted by molar-refractivity contribution is 7.72. The summed E-state index contributed by atoms with van der Waals surface area (Å²) in [4.78, 5) is 20.1. The molecule has 0 radical (unpaired) electrons. The number of hydrogen-bond acceptors (Lipinski definition) is 3. The van der Waals surface area contributed by atoms with E-state index in [4.69, 9.17) is 0 Å². The molecule has 2 rings (SSSR count). The lowest BCUT2D eigenvalue weighted by Crippen LogP contribution is -2.37. The van der Waals surface area contributed by atoms with Gasteiger partial charge in [0.15, 0.2) is 7.05 Å². The number of nitrogens with zero attached hydrogens (tertiary/aromatic N) is 2. The third-order valence-corrected chi connectivity index (χ3v) is 4.59. The van der Waals surface area contributed by atoms with Gasteiger partial charge in [0, 0.05) is 5.10 Å². The van der Waals surface area contributed by atoms with Crippen LogP contribution in [-0.2, 0) is 7.05 Å². The van der Waals surface area contributed by atoms with Crippen LogP contribution in [0.15, 0.2) is 30.5 Å². The molecule has 84 valence electrons. The number of hydrogen-bond donors (Lipinski definition) is 2. The smallest absolute Gasteiger partial charge is 0.214 e. The second-order valence-electron chi connectivity index (χ2n) is 3.75. The average molecular weight is 238 g/mol. The van der Waals surface area contributed by atoms with Gasteiger partial charge in [0.25, 0.3) is 0 Å². The molecule has 0 aliphatic rings. The van der Waals surface area contributed by atoms with Crippen molar-refractivity contribution in [2.75, 3.05) is 6.16 Å². The molecule has 2 aromatic rings. The maximum atomic E-state index is 10.0. The van der Waals surface area contributed by atoms with Gasteiger partial charge in [0.2, 0.25) is 11.5 Å². The zero-order valence-corrected chi connectivity index (χ0v) is 10.2. The molecule has 0 saturated carbocycles. The van der Waals surface area contributed by atoms with Gasteiger partial charge in [-0.25, -0.2) is 9.79 Å². The summed E-state index contributed by atoms with van der Waals surface area (Å²) in [5, 5.41) is 5.72. The van der Waals surface area contributed by atoms with Crippen LogP contribution >= 0.6 is 7.72 Å². The molecule has 5 heteroatoms. The highest BCUT2D eigenvalue weighted by atomic mass is 31.2. The van der Waals surface area contributed by atoms with E-state index in [0.717, 1.165) is 10.9 Å². The molecule has 0 spiro atoms. The van der Waals surface area contributed by atoms with Gasteiger partial charge in [-0.1, -0.05) is 16.8 Å². The van der Waals surface area contributed by atoms with Crippen LogP contribution in [0, 0.1) is 0 Å². The zero-order valence-electron chi connectivity index (χ0n) is 9.33. The Morgan fingerprint density at radius 3 is 2.69 bits per heavy atom. The molecule has 0 bridgehead atoms. The highest BCUT2D eigenvalue weighted by Crippen LogP contribution is 2.48. The molecule has 1 heterocycles. The van der Waals surface area contributed by atoms with Gasteiger partial charge in [-0.3, -0.25) is 0 Å². The summed E-state index contributed by atoms with van der Waals surface area (Å²) in [7, 11) is -1.23. The lowest BCUT2D eigenvalue weighted by atomic mass is 10.2. The Kier molecular flexibility index (Phi) is 2.89. The molecule has 1 aromatic heterocycles. The van der Waals surface area contributed by atoms with Crippen molar-refractivity contribution in [1.82, 2.24) is 5.10 Å². The van der Waals surface area contributed by atoms with E-state index in [9.17, 15) is 9.79 Å². The molecule has 0 fully saturated rings. The largest absolute Gasteiger partial charge is 0.306 e. The number of aromatic nitrogens is 2. The molecular formula is C11H15N2O2P+2. The van der Waals surface area contributed by atoms with Gasteiger partial charge in [0.05, 0.1) is 5.39 Å². The van der Waals surface area contributed by atoms with Crippen LogP contribution in [0.4, 0.5) is 0 Å². The van der Waals surface area contributed by atoms with Crippen molar-refractivity contribution in [3.63, 3.8) is 0 Å². The van der Waals surface area contributed by atoms with E-state index < -0.39 is 7.72 Å². The Bertz CT molecular complexity index is 528. The van der Waals surface area contributed by atoms with Gasteiger partial charge in [-0.15, -0.1) is 0 Å². The van der Waals surface area contributed by atoms with Crippen LogP contribution in [0.3, 0.4) is 0 Å². The van der Waals surface area contributed by atoms with E-state index in [-0.39, 0.29) is 0 Å². The molecule has 1 aromatic carbocycles. The van der Waals surface area contributed by atoms with Gasteiger partial charge in [0.1, 0.15) is 11.7 Å². The van der Waals surface area contributed by atoms with Crippen molar-refractivity contribution in [2.24, 2.45) is 7.05 Å². The Labute approximate surface area is 94.7 Å². The fraction of sp³-hybridized carbons (Fsp3) is 0.273. The third kappa shape index (κ3) is 1.92. The molecule has 0 atom stereocenters. The number of rotatable bonds is 2. The highest BCUT2D eigenvalue weighted by Gasteiger charge is 2.39. The fourth-order valence-corrected chi connectivity index (χ4v) is 2.95. The summed E-state index contributed by atoms with van der Waals surface area (Å²) in [5.74, 6) is 0. The maximum Gasteiger partial charge on any atom is 0.306 e. The van der Waals surface area contributed by atoms with Crippen molar-refractivity contribution in [3.05, 3.63) is 30.5 Å². The van der Waals surface area contributed by atoms with Gasteiger partial charge >= 0.3 is 7.72 Å². The van der Waals surface area contributed by atoms with E-state index >= 15 is 0 Å². The molecule has 0 aliphatic carbocycles. The summed E-state index contributed by atoms with van der Waals surface area (Å²) < 4.78 is 1.62. The summed E-state index contributed by atoms with van der Waals surface area (Å²) in [6.07, 6.45) is 2.04. The lowest BCUT2D eigenvalue weighted by molar-refractivity contribution is -0.727. The van der Waals surface area contributed by atoms with Crippen LogP contribution in [0.1, 0.15) is 6.92 Å². The zero-order chi connectivity index (χ0) is 11.8. The van der Waals surface area contributed by atoms with E-state index in [2.05, 4.69) is 5.10 Å². The molecule has 2 N–H and O–H groups in total. The van der Waals surface area contributed by atoms with Crippen LogP contribution < -0.4 is 9.99 Å². The number of fused-ring (bicyclic) bond motifs is 1.